The van der Waals surface area contributed by atoms with Crippen LogP contribution in [0.5, 0.6) is 0 Å². The highest BCUT2D eigenvalue weighted by molar-refractivity contribution is 6.34. The average molecular weight is 453 g/mol. The second-order valence-electron chi connectivity index (χ2n) is 10.1. The van der Waals surface area contributed by atoms with Crippen molar-refractivity contribution in [2.75, 3.05) is 0 Å². The van der Waals surface area contributed by atoms with Crippen molar-refractivity contribution in [2.45, 2.75) is 0 Å². The highest BCUT2D eigenvalue weighted by Crippen LogP contribution is 2.53. The molecular weight excluding hydrogens is 432 g/mol. The maximum atomic E-state index is 2.43. The minimum Gasteiger partial charge on any atom is -0.0622 e. The van der Waals surface area contributed by atoms with Crippen LogP contribution in [-0.2, 0) is 0 Å². The molecule has 0 bridgehead atoms. The SMILES string of the molecule is c1ccc(-c2cc3ccc4c5c(cc6cccc2c6c35)-c2cc3cc5ccccc5cc3cc2-4)cc1. The standard InChI is InChI=1S/C36H20/c1-2-7-21(8-3-1)30-17-25-13-14-29-31-19-26-15-22-9-4-5-10-23(22)16-27(26)20-32(31)33-18-24-11-6-12-28(30)34(24)35(25)36(29)33/h1-20H. The smallest absolute Gasteiger partial charge is 0.00137 e. The van der Waals surface area contributed by atoms with E-state index in [1.807, 2.05) is 0 Å². The van der Waals surface area contributed by atoms with Crippen LogP contribution in [0, 0.1) is 0 Å². The summed E-state index contributed by atoms with van der Waals surface area (Å²) in [6.45, 7) is 0. The Morgan fingerprint density at radius 1 is 0.278 bits per heavy atom. The Morgan fingerprint density at radius 3 is 1.67 bits per heavy atom. The van der Waals surface area contributed by atoms with E-state index in [9.17, 15) is 0 Å². The van der Waals surface area contributed by atoms with E-state index in [-0.39, 0.29) is 0 Å². The van der Waals surface area contributed by atoms with Crippen LogP contribution in [0.15, 0.2) is 121 Å². The lowest BCUT2D eigenvalue weighted by molar-refractivity contribution is 1.67. The van der Waals surface area contributed by atoms with Crippen LogP contribution < -0.4 is 0 Å². The molecule has 8 aromatic carbocycles. The monoisotopic (exact) mass is 452 g/mol. The Morgan fingerprint density at radius 2 is 0.889 bits per heavy atom. The number of rotatable bonds is 1. The van der Waals surface area contributed by atoms with Gasteiger partial charge in [0.15, 0.2) is 0 Å². The van der Waals surface area contributed by atoms with Crippen molar-refractivity contribution in [3.63, 3.8) is 0 Å². The van der Waals surface area contributed by atoms with Crippen molar-refractivity contribution in [1.29, 1.82) is 0 Å². The molecule has 0 heteroatoms. The van der Waals surface area contributed by atoms with Gasteiger partial charge in [-0.3, -0.25) is 0 Å². The summed E-state index contributed by atoms with van der Waals surface area (Å²) in [6, 6.07) is 45.3. The van der Waals surface area contributed by atoms with Gasteiger partial charge < -0.3 is 0 Å². The zero-order valence-electron chi connectivity index (χ0n) is 19.5. The van der Waals surface area contributed by atoms with Gasteiger partial charge in [-0.05, 0) is 124 Å². The molecule has 0 unspecified atom stereocenters. The molecule has 0 radical (unpaired) electrons. The van der Waals surface area contributed by atoms with Gasteiger partial charge in [0.25, 0.3) is 0 Å². The average Bonchev–Trinajstić information content (AvgIpc) is 3.24. The Balaban J connectivity index is 1.43. The lowest BCUT2D eigenvalue weighted by Crippen LogP contribution is -1.89. The molecule has 0 saturated heterocycles. The van der Waals surface area contributed by atoms with Gasteiger partial charge in [0, 0.05) is 0 Å². The molecule has 8 aromatic rings. The van der Waals surface area contributed by atoms with Crippen molar-refractivity contribution in [3.05, 3.63) is 121 Å². The molecule has 1 aliphatic carbocycles. The molecule has 9 rings (SSSR count). The van der Waals surface area contributed by atoms with E-state index in [0.717, 1.165) is 0 Å². The summed E-state index contributed by atoms with van der Waals surface area (Å²) in [5.41, 5.74) is 8.03. The molecule has 0 fully saturated rings. The van der Waals surface area contributed by atoms with Crippen molar-refractivity contribution < 1.29 is 0 Å². The van der Waals surface area contributed by atoms with Gasteiger partial charge >= 0.3 is 0 Å². The third kappa shape index (κ3) is 2.29. The summed E-state index contributed by atoms with van der Waals surface area (Å²) in [5, 5.41) is 13.4. The largest absolute Gasteiger partial charge is 0.0622 e. The molecule has 0 N–H and O–H groups in total. The maximum Gasteiger partial charge on any atom is -0.00137 e. The molecule has 0 amide bonds. The quantitative estimate of drug-likeness (QED) is 0.172. The van der Waals surface area contributed by atoms with E-state index in [1.54, 1.807) is 0 Å². The minimum atomic E-state index is 1.27. The first kappa shape index (κ1) is 18.6. The molecule has 36 heavy (non-hydrogen) atoms. The summed E-state index contributed by atoms with van der Waals surface area (Å²) in [5.74, 6) is 0. The third-order valence-corrected chi connectivity index (χ3v) is 8.25. The number of hydrogen-bond donors (Lipinski definition) is 0. The highest BCUT2D eigenvalue weighted by atomic mass is 14.3. The molecule has 0 saturated carbocycles. The van der Waals surface area contributed by atoms with Gasteiger partial charge in [0.2, 0.25) is 0 Å². The van der Waals surface area contributed by atoms with Crippen LogP contribution >= 0.6 is 0 Å². The van der Waals surface area contributed by atoms with E-state index >= 15 is 0 Å². The predicted molar refractivity (Wildman–Crippen MR) is 155 cm³/mol. The molecule has 1 aliphatic rings. The summed E-state index contributed by atoms with van der Waals surface area (Å²) in [4.78, 5) is 0. The van der Waals surface area contributed by atoms with Crippen LogP contribution in [0.4, 0.5) is 0 Å². The van der Waals surface area contributed by atoms with Crippen LogP contribution in [0.1, 0.15) is 0 Å². The molecule has 0 atom stereocenters. The fourth-order valence-electron chi connectivity index (χ4n) is 6.67. The van der Waals surface area contributed by atoms with Crippen molar-refractivity contribution in [2.24, 2.45) is 0 Å². The Bertz CT molecular complexity index is 2180. The van der Waals surface area contributed by atoms with Gasteiger partial charge in [0.1, 0.15) is 0 Å². The Kier molecular flexibility index (Phi) is 3.36. The zero-order chi connectivity index (χ0) is 23.4. The van der Waals surface area contributed by atoms with Gasteiger partial charge in [-0.15, -0.1) is 0 Å². The molecular formula is C36H20. The topological polar surface area (TPSA) is 0 Å². The second kappa shape index (κ2) is 6.50. The fourth-order valence-corrected chi connectivity index (χ4v) is 6.67. The van der Waals surface area contributed by atoms with Crippen molar-refractivity contribution in [1.82, 2.24) is 0 Å². The summed E-state index contributed by atoms with van der Waals surface area (Å²) in [7, 11) is 0. The predicted octanol–water partition coefficient (Wildman–Crippen LogP) is 10.2. The molecule has 0 aromatic heterocycles. The maximum absolute atomic E-state index is 2.43. The lowest BCUT2D eigenvalue weighted by atomic mass is 9.87. The first-order chi connectivity index (χ1) is 17.8. The fraction of sp³-hybridized carbons (Fsp3) is 0. The number of fused-ring (bicyclic) bond motifs is 5. The van der Waals surface area contributed by atoms with Gasteiger partial charge in [-0.25, -0.2) is 0 Å². The first-order valence-corrected chi connectivity index (χ1v) is 12.6. The number of hydrogen-bond acceptors (Lipinski definition) is 0. The lowest BCUT2D eigenvalue weighted by Gasteiger charge is -2.16. The molecule has 0 heterocycles. The summed E-state index contributed by atoms with van der Waals surface area (Å²) >= 11 is 0. The Hall–Kier alpha value is -4.68. The van der Waals surface area contributed by atoms with Gasteiger partial charge in [0.05, 0.1) is 0 Å². The van der Waals surface area contributed by atoms with Crippen molar-refractivity contribution >= 4 is 53.9 Å². The van der Waals surface area contributed by atoms with Crippen LogP contribution in [0.25, 0.3) is 87.2 Å². The Labute approximate surface area is 208 Å². The second-order valence-corrected chi connectivity index (χ2v) is 10.1. The molecule has 0 aliphatic heterocycles. The summed E-state index contributed by atoms with van der Waals surface area (Å²) < 4.78 is 0. The normalized spacial score (nSPS) is 12.4. The van der Waals surface area contributed by atoms with Gasteiger partial charge in [-0.2, -0.15) is 0 Å². The van der Waals surface area contributed by atoms with E-state index in [2.05, 4.69) is 121 Å². The van der Waals surface area contributed by atoms with Crippen LogP contribution in [0.2, 0.25) is 0 Å². The minimum absolute atomic E-state index is 1.27. The highest BCUT2D eigenvalue weighted by Gasteiger charge is 2.26. The molecule has 164 valence electrons. The van der Waals surface area contributed by atoms with Gasteiger partial charge in [-0.1, -0.05) is 84.9 Å². The van der Waals surface area contributed by atoms with E-state index < -0.39 is 0 Å². The van der Waals surface area contributed by atoms with Crippen molar-refractivity contribution in [3.8, 4) is 33.4 Å². The molecule has 0 nitrogen and oxygen atoms in total. The zero-order valence-corrected chi connectivity index (χ0v) is 19.5. The summed E-state index contributed by atoms with van der Waals surface area (Å²) in [6.07, 6.45) is 0. The van der Waals surface area contributed by atoms with E-state index in [1.165, 1.54) is 87.2 Å². The van der Waals surface area contributed by atoms with E-state index in [0.29, 0.717) is 0 Å². The first-order valence-electron chi connectivity index (χ1n) is 12.6. The third-order valence-electron chi connectivity index (χ3n) is 8.25. The number of benzene rings is 8. The van der Waals surface area contributed by atoms with E-state index in [4.69, 9.17) is 0 Å². The van der Waals surface area contributed by atoms with Crippen LogP contribution in [-0.4, -0.2) is 0 Å². The van der Waals surface area contributed by atoms with Crippen LogP contribution in [0.3, 0.4) is 0 Å². The molecule has 0 spiro atoms.